The lowest BCUT2D eigenvalue weighted by Gasteiger charge is -2.59. The number of hydrogen-bond donors (Lipinski definition) is 1. The van der Waals surface area contributed by atoms with Crippen LogP contribution in [0.2, 0.25) is 0 Å². The van der Waals surface area contributed by atoms with E-state index < -0.39 is 0 Å². The van der Waals surface area contributed by atoms with Crippen molar-refractivity contribution in [1.29, 1.82) is 0 Å². The summed E-state index contributed by atoms with van der Waals surface area (Å²) in [5.41, 5.74) is 4.27. The summed E-state index contributed by atoms with van der Waals surface area (Å²) in [5.74, 6) is 3.99. The van der Waals surface area contributed by atoms with Crippen molar-refractivity contribution in [2.45, 2.75) is 71.6 Å². The van der Waals surface area contributed by atoms with Gasteiger partial charge in [0.2, 0.25) is 0 Å². The fourth-order valence-electron chi connectivity index (χ4n) is 6.86. The predicted molar refractivity (Wildman–Crippen MR) is 127 cm³/mol. The normalized spacial score (nSPS) is 30.4. The van der Waals surface area contributed by atoms with E-state index in [1.807, 2.05) is 0 Å². The maximum Gasteiger partial charge on any atom is 0.124 e. The lowest BCUT2D eigenvalue weighted by atomic mass is 9.48. The second-order valence-corrected chi connectivity index (χ2v) is 11.3. The zero-order chi connectivity index (χ0) is 20.7. The topological polar surface area (TPSA) is 21.3 Å². The molecule has 0 radical (unpaired) electrons. The average Bonchev–Trinajstić information content (AvgIpc) is 2.71. The Bertz CT molecular complexity index is 855. The van der Waals surface area contributed by atoms with Crippen LogP contribution in [0.25, 0.3) is 0 Å². The predicted octanol–water partition coefficient (Wildman–Crippen LogP) is 7.03. The van der Waals surface area contributed by atoms with Crippen molar-refractivity contribution in [1.82, 2.24) is 5.32 Å². The highest BCUT2D eigenvalue weighted by atomic mass is 79.9. The van der Waals surface area contributed by atoms with Crippen LogP contribution in [0.15, 0.2) is 46.9 Å². The summed E-state index contributed by atoms with van der Waals surface area (Å²) in [6.45, 7) is 6.04. The quantitative estimate of drug-likeness (QED) is 0.471. The lowest BCUT2D eigenvalue weighted by Crippen LogP contribution is -2.54. The number of nitrogens with one attached hydrogen (secondary N) is 1. The van der Waals surface area contributed by atoms with Gasteiger partial charge < -0.3 is 10.1 Å². The van der Waals surface area contributed by atoms with Crippen LogP contribution in [0.4, 0.5) is 0 Å². The van der Waals surface area contributed by atoms with Crippen LogP contribution in [-0.4, -0.2) is 6.04 Å². The molecule has 4 aliphatic rings. The fourth-order valence-corrected chi connectivity index (χ4v) is 7.27. The molecule has 2 aromatic carbocycles. The van der Waals surface area contributed by atoms with Gasteiger partial charge >= 0.3 is 0 Å². The van der Waals surface area contributed by atoms with Crippen molar-refractivity contribution >= 4 is 15.9 Å². The monoisotopic (exact) mass is 467 g/mol. The summed E-state index contributed by atoms with van der Waals surface area (Å²) in [4.78, 5) is 0. The van der Waals surface area contributed by atoms with Crippen LogP contribution in [0.5, 0.6) is 5.75 Å². The minimum Gasteiger partial charge on any atom is -0.489 e. The Kier molecular flexibility index (Phi) is 5.70. The summed E-state index contributed by atoms with van der Waals surface area (Å²) < 4.78 is 7.35. The number of rotatable bonds is 7. The summed E-state index contributed by atoms with van der Waals surface area (Å²) in [5, 5.41) is 3.93. The molecule has 0 saturated heterocycles. The number of halogens is 1. The molecular formula is C27H34BrNO. The molecule has 4 saturated carbocycles. The largest absolute Gasteiger partial charge is 0.489 e. The van der Waals surface area contributed by atoms with Crippen molar-refractivity contribution in [3.8, 4) is 5.75 Å². The molecule has 30 heavy (non-hydrogen) atoms. The Morgan fingerprint density at radius 3 is 2.27 bits per heavy atom. The molecule has 6 rings (SSSR count). The molecule has 1 atom stereocenters. The van der Waals surface area contributed by atoms with E-state index in [2.05, 4.69) is 77.6 Å². The summed E-state index contributed by atoms with van der Waals surface area (Å²) >= 11 is 3.66. The highest BCUT2D eigenvalue weighted by molar-refractivity contribution is 9.10. The molecule has 1 N–H and O–H groups in total. The van der Waals surface area contributed by atoms with Crippen molar-refractivity contribution in [2.24, 2.45) is 23.2 Å². The van der Waals surface area contributed by atoms with Crippen molar-refractivity contribution < 1.29 is 4.74 Å². The smallest absolute Gasteiger partial charge is 0.124 e. The van der Waals surface area contributed by atoms with Crippen LogP contribution in [0, 0.1) is 30.1 Å². The molecule has 0 spiro atoms. The second kappa shape index (κ2) is 8.31. The zero-order valence-corrected chi connectivity index (χ0v) is 19.9. The molecule has 4 aliphatic carbocycles. The van der Waals surface area contributed by atoms with E-state index in [4.69, 9.17) is 4.74 Å². The maximum atomic E-state index is 6.24. The van der Waals surface area contributed by atoms with Gasteiger partial charge in [-0.2, -0.15) is 0 Å². The number of hydrogen-bond acceptors (Lipinski definition) is 2. The third kappa shape index (κ3) is 4.21. The summed E-state index contributed by atoms with van der Waals surface area (Å²) in [7, 11) is 0. The minimum absolute atomic E-state index is 0.531. The SMILES string of the molecule is Cc1ccc(COc2ccc(Br)cc2CNC(C)C23CC4CC(CC(C4)C2)C3)cc1. The van der Waals surface area contributed by atoms with E-state index in [1.165, 1.54) is 55.2 Å². The first-order valence-electron chi connectivity index (χ1n) is 11.7. The molecule has 4 bridgehead atoms. The lowest BCUT2D eigenvalue weighted by molar-refractivity contribution is -0.0706. The van der Waals surface area contributed by atoms with Gasteiger partial charge in [-0.05, 0) is 99.3 Å². The Morgan fingerprint density at radius 2 is 1.63 bits per heavy atom. The number of benzene rings is 2. The van der Waals surface area contributed by atoms with Crippen molar-refractivity contribution in [2.75, 3.05) is 0 Å². The highest BCUT2D eigenvalue weighted by Crippen LogP contribution is 2.61. The van der Waals surface area contributed by atoms with Crippen molar-refractivity contribution in [3.05, 3.63) is 63.6 Å². The summed E-state index contributed by atoms with van der Waals surface area (Å²) in [6.07, 6.45) is 8.87. The Hall–Kier alpha value is -1.32. The third-order valence-corrected chi connectivity index (χ3v) is 8.63. The van der Waals surface area contributed by atoms with Gasteiger partial charge in [-0.3, -0.25) is 0 Å². The first kappa shape index (κ1) is 20.6. The van der Waals surface area contributed by atoms with Gasteiger partial charge in [-0.1, -0.05) is 45.8 Å². The number of aryl methyl sites for hydroxylation is 1. The van der Waals surface area contributed by atoms with Crippen molar-refractivity contribution in [3.63, 3.8) is 0 Å². The van der Waals surface area contributed by atoms with Gasteiger partial charge in [0.25, 0.3) is 0 Å². The van der Waals surface area contributed by atoms with Crippen LogP contribution in [0.3, 0.4) is 0 Å². The van der Waals surface area contributed by atoms with E-state index in [9.17, 15) is 0 Å². The van der Waals surface area contributed by atoms with Crippen LogP contribution in [-0.2, 0) is 13.2 Å². The molecule has 1 unspecified atom stereocenters. The molecule has 0 amide bonds. The Morgan fingerprint density at radius 1 is 1.00 bits per heavy atom. The van der Waals surface area contributed by atoms with Gasteiger partial charge in [0, 0.05) is 22.6 Å². The Balaban J connectivity index is 1.25. The standard InChI is InChI=1S/C27H34BrNO/c1-18-3-5-20(6-4-18)17-30-26-8-7-25(28)12-24(26)16-29-19(2)27-13-21-9-22(14-27)11-23(10-21)15-27/h3-8,12,19,21-23,29H,9-11,13-17H2,1-2H3. The fraction of sp³-hybridized carbons (Fsp3) is 0.556. The summed E-state index contributed by atoms with van der Waals surface area (Å²) in [6, 6.07) is 15.6. The molecule has 2 aromatic rings. The van der Waals surface area contributed by atoms with E-state index >= 15 is 0 Å². The molecule has 160 valence electrons. The van der Waals surface area contributed by atoms with E-state index in [-0.39, 0.29) is 0 Å². The second-order valence-electron chi connectivity index (χ2n) is 10.4. The van der Waals surface area contributed by atoms with Crippen LogP contribution >= 0.6 is 15.9 Å². The van der Waals surface area contributed by atoms with Gasteiger partial charge in [0.1, 0.15) is 12.4 Å². The van der Waals surface area contributed by atoms with E-state index in [0.29, 0.717) is 18.1 Å². The zero-order valence-electron chi connectivity index (χ0n) is 18.3. The molecule has 0 heterocycles. The van der Waals surface area contributed by atoms with Gasteiger partial charge in [0.05, 0.1) is 0 Å². The van der Waals surface area contributed by atoms with Gasteiger partial charge in [-0.25, -0.2) is 0 Å². The third-order valence-electron chi connectivity index (χ3n) is 8.14. The van der Waals surface area contributed by atoms with Crippen LogP contribution in [0.1, 0.15) is 62.1 Å². The molecule has 4 fully saturated rings. The number of ether oxygens (including phenoxy) is 1. The Labute approximate surface area is 189 Å². The minimum atomic E-state index is 0.531. The molecular weight excluding hydrogens is 434 g/mol. The molecule has 3 heteroatoms. The molecule has 0 aliphatic heterocycles. The highest BCUT2D eigenvalue weighted by Gasteiger charge is 2.52. The maximum absolute atomic E-state index is 6.24. The van der Waals surface area contributed by atoms with E-state index in [0.717, 1.165) is 34.5 Å². The van der Waals surface area contributed by atoms with Crippen LogP contribution < -0.4 is 10.1 Å². The van der Waals surface area contributed by atoms with E-state index in [1.54, 1.807) is 0 Å². The first-order valence-corrected chi connectivity index (χ1v) is 12.5. The molecule has 0 aromatic heterocycles. The van der Waals surface area contributed by atoms with Gasteiger partial charge in [-0.15, -0.1) is 0 Å². The van der Waals surface area contributed by atoms with Gasteiger partial charge in [0.15, 0.2) is 0 Å². The average molecular weight is 468 g/mol. The first-order chi connectivity index (χ1) is 14.5. The molecule has 2 nitrogen and oxygen atoms in total.